The summed E-state index contributed by atoms with van der Waals surface area (Å²) in [6.45, 7) is 0. The lowest BCUT2D eigenvalue weighted by Crippen LogP contribution is -2.11. The highest BCUT2D eigenvalue weighted by atomic mass is 16.1. The first-order valence-corrected chi connectivity index (χ1v) is 7.21. The third kappa shape index (κ3) is 1.83. The number of allylic oxidation sites excluding steroid dienone is 1. The number of aldehydes is 1. The lowest BCUT2D eigenvalue weighted by atomic mass is 9.89. The molecule has 0 atom stereocenters. The lowest BCUT2D eigenvalue weighted by molar-refractivity contribution is -0.105. The van der Waals surface area contributed by atoms with Crippen LogP contribution in [0.5, 0.6) is 0 Å². The quantitative estimate of drug-likeness (QED) is 0.646. The van der Waals surface area contributed by atoms with E-state index in [4.69, 9.17) is 0 Å². The second-order valence-corrected chi connectivity index (χ2v) is 5.39. The molecule has 2 aromatic carbocycles. The van der Waals surface area contributed by atoms with Crippen molar-refractivity contribution in [2.24, 2.45) is 0 Å². The maximum Gasteiger partial charge on any atom is 0.148 e. The molecule has 1 aromatic heterocycles. The number of hydrogen-bond acceptors (Lipinski definition) is 1. The number of hydrogen-bond donors (Lipinski definition) is 0. The zero-order valence-electron chi connectivity index (χ0n) is 11.6. The molecule has 0 saturated heterocycles. The van der Waals surface area contributed by atoms with E-state index in [2.05, 4.69) is 47.2 Å². The van der Waals surface area contributed by atoms with Gasteiger partial charge in [0.1, 0.15) is 6.29 Å². The van der Waals surface area contributed by atoms with Crippen LogP contribution in [0, 0.1) is 0 Å². The van der Waals surface area contributed by atoms with E-state index in [1.165, 1.54) is 16.5 Å². The van der Waals surface area contributed by atoms with Gasteiger partial charge in [0, 0.05) is 17.3 Å². The van der Waals surface area contributed by atoms with Crippen molar-refractivity contribution in [2.45, 2.75) is 12.8 Å². The van der Waals surface area contributed by atoms with Crippen molar-refractivity contribution in [3.05, 3.63) is 77.5 Å². The summed E-state index contributed by atoms with van der Waals surface area (Å²) >= 11 is 0. The summed E-state index contributed by atoms with van der Waals surface area (Å²) in [4.78, 5) is 11.5. The Morgan fingerprint density at radius 3 is 2.62 bits per heavy atom. The summed E-state index contributed by atoms with van der Waals surface area (Å²) in [5.74, 6) is 0. The molecule has 1 aliphatic rings. The van der Waals surface area contributed by atoms with Gasteiger partial charge in [0.25, 0.3) is 0 Å². The molecule has 1 heterocycles. The highest BCUT2D eigenvalue weighted by Gasteiger charge is 2.20. The SMILES string of the molecule is O=CC1=C(n2ccc3ccccc32)c2ccccc2CC1. The first-order chi connectivity index (χ1) is 10.4. The average Bonchev–Trinajstić information content (AvgIpc) is 2.97. The van der Waals surface area contributed by atoms with Crippen molar-refractivity contribution in [1.29, 1.82) is 0 Å². The fourth-order valence-electron chi connectivity index (χ4n) is 3.21. The summed E-state index contributed by atoms with van der Waals surface area (Å²) in [6, 6.07) is 18.7. The molecular formula is C19H15NO. The van der Waals surface area contributed by atoms with Gasteiger partial charge in [-0.3, -0.25) is 4.79 Å². The summed E-state index contributed by atoms with van der Waals surface area (Å²) < 4.78 is 2.15. The number of aryl methyl sites for hydroxylation is 1. The van der Waals surface area contributed by atoms with Crippen molar-refractivity contribution in [1.82, 2.24) is 4.57 Å². The molecule has 1 aliphatic carbocycles. The van der Waals surface area contributed by atoms with Crippen molar-refractivity contribution in [2.75, 3.05) is 0 Å². The summed E-state index contributed by atoms with van der Waals surface area (Å²) in [7, 11) is 0. The summed E-state index contributed by atoms with van der Waals surface area (Å²) in [5.41, 5.74) is 5.55. The van der Waals surface area contributed by atoms with Crippen LogP contribution >= 0.6 is 0 Å². The van der Waals surface area contributed by atoms with Gasteiger partial charge >= 0.3 is 0 Å². The van der Waals surface area contributed by atoms with E-state index in [-0.39, 0.29) is 0 Å². The van der Waals surface area contributed by atoms with E-state index in [9.17, 15) is 4.79 Å². The molecule has 0 bridgehead atoms. The molecular weight excluding hydrogens is 258 g/mol. The topological polar surface area (TPSA) is 22.0 Å². The Hall–Kier alpha value is -2.61. The zero-order valence-corrected chi connectivity index (χ0v) is 11.6. The molecule has 0 fully saturated rings. The van der Waals surface area contributed by atoms with E-state index < -0.39 is 0 Å². The van der Waals surface area contributed by atoms with Crippen LogP contribution in [0.4, 0.5) is 0 Å². The molecule has 0 amide bonds. The van der Waals surface area contributed by atoms with Crippen LogP contribution in [-0.2, 0) is 11.2 Å². The second-order valence-electron chi connectivity index (χ2n) is 5.39. The van der Waals surface area contributed by atoms with Gasteiger partial charge in [-0.15, -0.1) is 0 Å². The molecule has 0 spiro atoms. The highest BCUT2D eigenvalue weighted by Crippen LogP contribution is 2.34. The Labute approximate surface area is 123 Å². The molecule has 0 unspecified atom stereocenters. The number of carbonyl (C=O) groups excluding carboxylic acids is 1. The van der Waals surface area contributed by atoms with Crippen molar-refractivity contribution in [3.63, 3.8) is 0 Å². The van der Waals surface area contributed by atoms with Crippen LogP contribution in [0.25, 0.3) is 16.6 Å². The molecule has 2 nitrogen and oxygen atoms in total. The van der Waals surface area contributed by atoms with Crippen molar-refractivity contribution >= 4 is 22.9 Å². The van der Waals surface area contributed by atoms with Gasteiger partial charge in [-0.2, -0.15) is 0 Å². The molecule has 4 rings (SSSR count). The third-order valence-electron chi connectivity index (χ3n) is 4.22. The number of nitrogens with zero attached hydrogens (tertiary/aromatic N) is 1. The molecule has 21 heavy (non-hydrogen) atoms. The maximum atomic E-state index is 11.5. The summed E-state index contributed by atoms with van der Waals surface area (Å²) in [6.07, 6.45) is 4.82. The van der Waals surface area contributed by atoms with E-state index in [0.717, 1.165) is 35.9 Å². The van der Waals surface area contributed by atoms with Gasteiger partial charge in [-0.05, 0) is 35.9 Å². The van der Waals surface area contributed by atoms with Gasteiger partial charge in [-0.25, -0.2) is 0 Å². The first-order valence-electron chi connectivity index (χ1n) is 7.21. The molecule has 0 saturated carbocycles. The summed E-state index contributed by atoms with van der Waals surface area (Å²) in [5, 5.41) is 1.19. The molecule has 0 radical (unpaired) electrons. The fourth-order valence-corrected chi connectivity index (χ4v) is 3.21. The van der Waals surface area contributed by atoms with Crippen LogP contribution in [-0.4, -0.2) is 10.9 Å². The van der Waals surface area contributed by atoms with Gasteiger partial charge in [0.05, 0.1) is 11.2 Å². The maximum absolute atomic E-state index is 11.5. The Morgan fingerprint density at radius 2 is 1.71 bits per heavy atom. The van der Waals surface area contributed by atoms with Gasteiger partial charge in [0.2, 0.25) is 0 Å². The molecule has 3 aromatic rings. The van der Waals surface area contributed by atoms with E-state index in [1.807, 2.05) is 18.2 Å². The molecule has 0 aliphatic heterocycles. The number of benzene rings is 2. The third-order valence-corrected chi connectivity index (χ3v) is 4.22. The number of carbonyl (C=O) groups is 1. The van der Waals surface area contributed by atoms with E-state index in [1.54, 1.807) is 0 Å². The fraction of sp³-hybridized carbons (Fsp3) is 0.105. The Kier molecular flexibility index (Phi) is 2.74. The van der Waals surface area contributed by atoms with Gasteiger partial charge in [0.15, 0.2) is 0 Å². The first kappa shape index (κ1) is 12.2. The number of aromatic nitrogens is 1. The second kappa shape index (κ2) is 4.74. The normalized spacial score (nSPS) is 14.3. The number of fused-ring (bicyclic) bond motifs is 2. The minimum atomic E-state index is 0.808. The van der Waals surface area contributed by atoms with E-state index in [0.29, 0.717) is 0 Å². The van der Waals surface area contributed by atoms with Crippen LogP contribution in [0.15, 0.2) is 66.4 Å². The van der Waals surface area contributed by atoms with Gasteiger partial charge < -0.3 is 4.57 Å². The zero-order chi connectivity index (χ0) is 14.2. The predicted octanol–water partition coefficient (Wildman–Crippen LogP) is 4.05. The number of para-hydroxylation sites is 1. The average molecular weight is 273 g/mol. The van der Waals surface area contributed by atoms with E-state index >= 15 is 0 Å². The monoisotopic (exact) mass is 273 g/mol. The highest BCUT2D eigenvalue weighted by molar-refractivity contribution is 5.94. The van der Waals surface area contributed by atoms with Crippen LogP contribution in [0.1, 0.15) is 17.5 Å². The largest absolute Gasteiger partial charge is 0.316 e. The Morgan fingerprint density at radius 1 is 0.905 bits per heavy atom. The molecule has 0 N–H and O–H groups in total. The molecule has 102 valence electrons. The minimum absolute atomic E-state index is 0.808. The smallest absolute Gasteiger partial charge is 0.148 e. The Balaban J connectivity index is 2.04. The number of rotatable bonds is 2. The Bertz CT molecular complexity index is 870. The van der Waals surface area contributed by atoms with Gasteiger partial charge in [-0.1, -0.05) is 42.5 Å². The van der Waals surface area contributed by atoms with Crippen LogP contribution in [0.2, 0.25) is 0 Å². The standard InChI is InChI=1S/C19H15NO/c21-13-16-10-9-14-5-1-3-7-17(14)19(16)20-12-11-15-6-2-4-8-18(15)20/h1-8,11-13H,9-10H2. The lowest BCUT2D eigenvalue weighted by Gasteiger charge is -2.22. The van der Waals surface area contributed by atoms with Crippen LogP contribution < -0.4 is 0 Å². The minimum Gasteiger partial charge on any atom is -0.316 e. The van der Waals surface area contributed by atoms with Crippen molar-refractivity contribution in [3.8, 4) is 0 Å². The predicted molar refractivity (Wildman–Crippen MR) is 85.1 cm³/mol. The molecule has 2 heteroatoms. The van der Waals surface area contributed by atoms with Crippen molar-refractivity contribution < 1.29 is 4.79 Å². The van der Waals surface area contributed by atoms with Crippen LogP contribution in [0.3, 0.4) is 0 Å².